The first kappa shape index (κ1) is 13.1. The van der Waals surface area contributed by atoms with Crippen LogP contribution in [-0.2, 0) is 5.75 Å². The summed E-state index contributed by atoms with van der Waals surface area (Å²) in [7, 11) is 1.69. The van der Waals surface area contributed by atoms with Gasteiger partial charge in [0.05, 0.1) is 18.3 Å². The molecule has 17 heavy (non-hydrogen) atoms. The van der Waals surface area contributed by atoms with E-state index < -0.39 is 0 Å². The summed E-state index contributed by atoms with van der Waals surface area (Å²) in [5.41, 5.74) is 1.34. The van der Waals surface area contributed by atoms with Gasteiger partial charge in [0, 0.05) is 11.0 Å². The van der Waals surface area contributed by atoms with Gasteiger partial charge in [0.2, 0.25) is 0 Å². The van der Waals surface area contributed by atoms with Crippen LogP contribution >= 0.6 is 23.5 Å². The standard InChI is InChI=1S/C13H18O2S2/c1-15-11-4-2-10(3-5-11)9-16-13-7-6-12(8-14)17-13/h2-5,12-14H,6-9H2,1H3. The van der Waals surface area contributed by atoms with Crippen LogP contribution in [0.1, 0.15) is 18.4 Å². The van der Waals surface area contributed by atoms with Crippen molar-refractivity contribution in [3.8, 4) is 5.75 Å². The lowest BCUT2D eigenvalue weighted by atomic mass is 10.2. The molecule has 2 rings (SSSR count). The highest BCUT2D eigenvalue weighted by Crippen LogP contribution is 2.41. The highest BCUT2D eigenvalue weighted by molar-refractivity contribution is 8.17. The molecule has 4 heteroatoms. The molecule has 0 saturated carbocycles. The number of hydrogen-bond acceptors (Lipinski definition) is 4. The molecular weight excluding hydrogens is 252 g/mol. The first-order valence-electron chi connectivity index (χ1n) is 5.82. The average molecular weight is 270 g/mol. The quantitative estimate of drug-likeness (QED) is 0.890. The predicted molar refractivity (Wildman–Crippen MR) is 75.8 cm³/mol. The molecule has 2 nitrogen and oxygen atoms in total. The minimum Gasteiger partial charge on any atom is -0.497 e. The zero-order valence-electron chi connectivity index (χ0n) is 9.96. The van der Waals surface area contributed by atoms with Gasteiger partial charge in [-0.05, 0) is 30.5 Å². The number of ether oxygens (including phenoxy) is 1. The van der Waals surface area contributed by atoms with E-state index in [2.05, 4.69) is 12.1 Å². The summed E-state index contributed by atoms with van der Waals surface area (Å²) in [6.07, 6.45) is 2.37. The maximum Gasteiger partial charge on any atom is 0.118 e. The Bertz CT molecular complexity index is 340. The maximum atomic E-state index is 9.08. The molecule has 0 spiro atoms. The minimum absolute atomic E-state index is 0.324. The zero-order valence-corrected chi connectivity index (χ0v) is 11.6. The van der Waals surface area contributed by atoms with Crippen molar-refractivity contribution in [2.24, 2.45) is 0 Å². The molecule has 94 valence electrons. The summed E-state index contributed by atoms with van der Waals surface area (Å²) < 4.78 is 5.78. The molecule has 1 aliphatic rings. The number of methoxy groups -OCH3 is 1. The molecule has 1 N–H and O–H groups in total. The van der Waals surface area contributed by atoms with Crippen molar-refractivity contribution in [3.63, 3.8) is 0 Å². The topological polar surface area (TPSA) is 29.5 Å². The fourth-order valence-corrected chi connectivity index (χ4v) is 4.76. The molecule has 0 amide bonds. The maximum absolute atomic E-state index is 9.08. The fraction of sp³-hybridized carbons (Fsp3) is 0.538. The number of rotatable bonds is 5. The molecular formula is C13H18O2S2. The van der Waals surface area contributed by atoms with E-state index in [9.17, 15) is 0 Å². The van der Waals surface area contributed by atoms with Crippen LogP contribution in [0.2, 0.25) is 0 Å². The number of hydrogen-bond donors (Lipinski definition) is 1. The van der Waals surface area contributed by atoms with Gasteiger partial charge in [-0.2, -0.15) is 0 Å². The van der Waals surface area contributed by atoms with E-state index in [1.807, 2.05) is 35.7 Å². The van der Waals surface area contributed by atoms with Gasteiger partial charge in [-0.15, -0.1) is 23.5 Å². The van der Waals surface area contributed by atoms with Crippen molar-refractivity contribution in [1.82, 2.24) is 0 Å². The molecule has 1 aromatic rings. The molecule has 0 aliphatic carbocycles. The monoisotopic (exact) mass is 270 g/mol. The number of aliphatic hydroxyl groups is 1. The van der Waals surface area contributed by atoms with Crippen molar-refractivity contribution < 1.29 is 9.84 Å². The number of thioether (sulfide) groups is 2. The van der Waals surface area contributed by atoms with Crippen molar-refractivity contribution in [2.75, 3.05) is 13.7 Å². The lowest BCUT2D eigenvalue weighted by Gasteiger charge is -2.10. The van der Waals surface area contributed by atoms with Crippen LogP contribution in [-0.4, -0.2) is 28.7 Å². The molecule has 0 radical (unpaired) electrons. The Balaban J connectivity index is 1.78. The SMILES string of the molecule is COc1ccc(CSC2CCC(CO)S2)cc1. The third-order valence-electron chi connectivity index (χ3n) is 2.87. The van der Waals surface area contributed by atoms with E-state index in [0.717, 1.165) is 17.9 Å². The zero-order chi connectivity index (χ0) is 12.1. The largest absolute Gasteiger partial charge is 0.497 e. The van der Waals surface area contributed by atoms with Gasteiger partial charge < -0.3 is 9.84 Å². The van der Waals surface area contributed by atoms with Crippen LogP contribution in [0.5, 0.6) is 5.75 Å². The smallest absolute Gasteiger partial charge is 0.118 e. The molecule has 2 atom stereocenters. The van der Waals surface area contributed by atoms with Crippen molar-refractivity contribution >= 4 is 23.5 Å². The van der Waals surface area contributed by atoms with Crippen molar-refractivity contribution in [2.45, 2.75) is 28.4 Å². The van der Waals surface area contributed by atoms with E-state index in [-0.39, 0.29) is 0 Å². The lowest BCUT2D eigenvalue weighted by Crippen LogP contribution is -2.01. The Labute approximate surface area is 111 Å². The first-order chi connectivity index (χ1) is 8.31. The summed E-state index contributed by atoms with van der Waals surface area (Å²) in [4.78, 5) is 0. The van der Waals surface area contributed by atoms with Crippen LogP contribution in [0.25, 0.3) is 0 Å². The van der Waals surface area contributed by atoms with E-state index >= 15 is 0 Å². The summed E-state index contributed by atoms with van der Waals surface area (Å²) in [6.45, 7) is 0.324. The Hall–Kier alpha value is -0.320. The van der Waals surface area contributed by atoms with Crippen LogP contribution in [0, 0.1) is 0 Å². The van der Waals surface area contributed by atoms with Crippen molar-refractivity contribution in [3.05, 3.63) is 29.8 Å². The lowest BCUT2D eigenvalue weighted by molar-refractivity contribution is 0.293. The Morgan fingerprint density at radius 3 is 2.71 bits per heavy atom. The Morgan fingerprint density at radius 1 is 1.35 bits per heavy atom. The highest BCUT2D eigenvalue weighted by atomic mass is 32.2. The van der Waals surface area contributed by atoms with E-state index in [0.29, 0.717) is 16.4 Å². The second kappa shape index (κ2) is 6.57. The normalized spacial score (nSPS) is 23.9. The van der Waals surface area contributed by atoms with Gasteiger partial charge in [0.25, 0.3) is 0 Å². The van der Waals surface area contributed by atoms with Crippen LogP contribution < -0.4 is 4.74 Å². The van der Waals surface area contributed by atoms with Gasteiger partial charge in [0.15, 0.2) is 0 Å². The molecule has 1 heterocycles. The molecule has 1 fully saturated rings. The summed E-state index contributed by atoms with van der Waals surface area (Å²) >= 11 is 3.91. The van der Waals surface area contributed by atoms with E-state index in [1.54, 1.807) is 7.11 Å². The second-order valence-corrected chi connectivity index (χ2v) is 7.10. The Morgan fingerprint density at radius 2 is 2.12 bits per heavy atom. The molecule has 1 saturated heterocycles. The number of aliphatic hydroxyl groups excluding tert-OH is 1. The third kappa shape index (κ3) is 3.83. The molecule has 1 aliphatic heterocycles. The highest BCUT2D eigenvalue weighted by Gasteiger charge is 2.24. The van der Waals surface area contributed by atoms with Gasteiger partial charge in [-0.3, -0.25) is 0 Å². The fourth-order valence-electron chi connectivity index (χ4n) is 1.84. The first-order valence-corrected chi connectivity index (χ1v) is 7.82. The van der Waals surface area contributed by atoms with Crippen LogP contribution in [0.3, 0.4) is 0 Å². The number of benzene rings is 1. The average Bonchev–Trinajstić information content (AvgIpc) is 2.85. The minimum atomic E-state index is 0.324. The Kier molecular flexibility index (Phi) is 5.07. The summed E-state index contributed by atoms with van der Waals surface area (Å²) in [5, 5.41) is 9.54. The summed E-state index contributed by atoms with van der Waals surface area (Å²) in [5.74, 6) is 1.95. The van der Waals surface area contributed by atoms with Crippen LogP contribution in [0.4, 0.5) is 0 Å². The van der Waals surface area contributed by atoms with Crippen molar-refractivity contribution in [1.29, 1.82) is 0 Å². The molecule has 1 aromatic carbocycles. The summed E-state index contributed by atoms with van der Waals surface area (Å²) in [6, 6.07) is 8.26. The second-order valence-electron chi connectivity index (χ2n) is 4.11. The predicted octanol–water partition coefficient (Wildman–Crippen LogP) is 3.14. The molecule has 0 aromatic heterocycles. The van der Waals surface area contributed by atoms with E-state index in [1.165, 1.54) is 12.0 Å². The van der Waals surface area contributed by atoms with Gasteiger partial charge in [0.1, 0.15) is 5.75 Å². The van der Waals surface area contributed by atoms with E-state index in [4.69, 9.17) is 9.84 Å². The molecule has 2 unspecified atom stereocenters. The van der Waals surface area contributed by atoms with Gasteiger partial charge in [-0.25, -0.2) is 0 Å². The van der Waals surface area contributed by atoms with Crippen LogP contribution in [0.15, 0.2) is 24.3 Å². The third-order valence-corrected chi connectivity index (χ3v) is 6.03. The van der Waals surface area contributed by atoms with Gasteiger partial charge >= 0.3 is 0 Å². The van der Waals surface area contributed by atoms with Gasteiger partial charge in [-0.1, -0.05) is 12.1 Å². The molecule has 0 bridgehead atoms.